The SMILES string of the molecule is Cc1cn2ccc(C(=O)NCc3nc(C4CCOC4)n[nH]3)cc2n1. The molecular formula is C16H18N6O2. The highest BCUT2D eigenvalue weighted by Crippen LogP contribution is 2.21. The second-order valence-corrected chi connectivity index (χ2v) is 5.95. The fourth-order valence-corrected chi connectivity index (χ4v) is 2.83. The Balaban J connectivity index is 1.41. The first-order valence-corrected chi connectivity index (χ1v) is 7.91. The van der Waals surface area contributed by atoms with Gasteiger partial charge >= 0.3 is 0 Å². The van der Waals surface area contributed by atoms with Crippen LogP contribution in [0.2, 0.25) is 0 Å². The van der Waals surface area contributed by atoms with Gasteiger partial charge in [-0.15, -0.1) is 0 Å². The van der Waals surface area contributed by atoms with E-state index in [4.69, 9.17) is 4.74 Å². The van der Waals surface area contributed by atoms with Gasteiger partial charge in [0.1, 0.15) is 11.5 Å². The van der Waals surface area contributed by atoms with Crippen molar-refractivity contribution >= 4 is 11.6 Å². The van der Waals surface area contributed by atoms with Crippen molar-refractivity contribution in [2.45, 2.75) is 25.8 Å². The fraction of sp³-hybridized carbons (Fsp3) is 0.375. The topological polar surface area (TPSA) is 97.2 Å². The molecule has 8 nitrogen and oxygen atoms in total. The van der Waals surface area contributed by atoms with Gasteiger partial charge in [-0.3, -0.25) is 9.89 Å². The summed E-state index contributed by atoms with van der Waals surface area (Å²) in [5, 5.41) is 9.94. The second kappa shape index (κ2) is 6.04. The van der Waals surface area contributed by atoms with Crippen LogP contribution in [0.25, 0.3) is 5.65 Å². The molecule has 2 N–H and O–H groups in total. The number of amides is 1. The van der Waals surface area contributed by atoms with Crippen LogP contribution in [-0.4, -0.2) is 43.7 Å². The summed E-state index contributed by atoms with van der Waals surface area (Å²) >= 11 is 0. The van der Waals surface area contributed by atoms with E-state index in [0.29, 0.717) is 24.5 Å². The molecule has 24 heavy (non-hydrogen) atoms. The lowest BCUT2D eigenvalue weighted by molar-refractivity contribution is 0.0950. The molecule has 1 atom stereocenters. The summed E-state index contributed by atoms with van der Waals surface area (Å²) in [5.74, 6) is 1.48. The number of rotatable bonds is 4. The van der Waals surface area contributed by atoms with Gasteiger partial charge in [0.25, 0.3) is 5.91 Å². The summed E-state index contributed by atoms with van der Waals surface area (Å²) in [6, 6.07) is 3.54. The molecular weight excluding hydrogens is 308 g/mol. The molecule has 1 saturated heterocycles. The number of hydrogen-bond donors (Lipinski definition) is 2. The van der Waals surface area contributed by atoms with Crippen molar-refractivity contribution in [3.8, 4) is 0 Å². The van der Waals surface area contributed by atoms with E-state index in [1.54, 1.807) is 12.1 Å². The van der Waals surface area contributed by atoms with Crippen molar-refractivity contribution in [1.29, 1.82) is 0 Å². The molecule has 1 amide bonds. The standard InChI is InChI=1S/C16H18N6O2/c1-10-8-22-4-2-11(6-14(22)18-10)16(23)17-7-13-19-15(21-20-13)12-3-5-24-9-12/h2,4,6,8,12H,3,5,7,9H2,1H3,(H,17,23)(H,19,20,21). The summed E-state index contributed by atoms with van der Waals surface area (Å²) in [7, 11) is 0. The summed E-state index contributed by atoms with van der Waals surface area (Å²) in [6.07, 6.45) is 4.68. The molecule has 0 radical (unpaired) electrons. The average Bonchev–Trinajstić information content (AvgIpc) is 3.30. The highest BCUT2D eigenvalue weighted by Gasteiger charge is 2.22. The summed E-state index contributed by atoms with van der Waals surface area (Å²) in [4.78, 5) is 21.1. The van der Waals surface area contributed by atoms with E-state index in [-0.39, 0.29) is 11.8 Å². The monoisotopic (exact) mass is 326 g/mol. The van der Waals surface area contributed by atoms with Crippen LogP contribution in [0.5, 0.6) is 0 Å². The van der Waals surface area contributed by atoms with Crippen LogP contribution in [0.1, 0.15) is 40.0 Å². The molecule has 1 fully saturated rings. The first kappa shape index (κ1) is 14.8. The zero-order valence-corrected chi connectivity index (χ0v) is 13.3. The number of H-pyrrole nitrogens is 1. The number of carbonyl (C=O) groups is 1. The quantitative estimate of drug-likeness (QED) is 0.751. The predicted octanol–water partition coefficient (Wildman–Crippen LogP) is 1.19. The summed E-state index contributed by atoms with van der Waals surface area (Å²) in [6.45, 7) is 3.64. The Morgan fingerprint density at radius 3 is 3.25 bits per heavy atom. The van der Waals surface area contributed by atoms with Crippen LogP contribution in [0.3, 0.4) is 0 Å². The highest BCUT2D eigenvalue weighted by molar-refractivity contribution is 5.94. The molecule has 0 bridgehead atoms. The van der Waals surface area contributed by atoms with Crippen molar-refractivity contribution in [2.24, 2.45) is 0 Å². The van der Waals surface area contributed by atoms with Crippen LogP contribution < -0.4 is 5.32 Å². The molecule has 4 rings (SSSR count). The van der Waals surface area contributed by atoms with Crippen molar-refractivity contribution < 1.29 is 9.53 Å². The van der Waals surface area contributed by atoms with Gasteiger partial charge in [-0.2, -0.15) is 5.10 Å². The molecule has 0 spiro atoms. The van der Waals surface area contributed by atoms with E-state index >= 15 is 0 Å². The normalized spacial score (nSPS) is 17.5. The molecule has 8 heteroatoms. The lowest BCUT2D eigenvalue weighted by atomic mass is 10.1. The Morgan fingerprint density at radius 2 is 2.42 bits per heavy atom. The van der Waals surface area contributed by atoms with E-state index in [1.165, 1.54) is 0 Å². The minimum atomic E-state index is -0.166. The zero-order chi connectivity index (χ0) is 16.5. The van der Waals surface area contributed by atoms with Crippen LogP contribution in [0.4, 0.5) is 0 Å². The Labute approximate surface area is 138 Å². The third-order valence-electron chi connectivity index (χ3n) is 4.10. The number of nitrogens with one attached hydrogen (secondary N) is 2. The molecule has 1 aliphatic heterocycles. The number of ether oxygens (including phenoxy) is 1. The number of nitrogens with zero attached hydrogens (tertiary/aromatic N) is 4. The predicted molar refractivity (Wildman–Crippen MR) is 85.7 cm³/mol. The Hall–Kier alpha value is -2.74. The zero-order valence-electron chi connectivity index (χ0n) is 13.3. The molecule has 3 aromatic rings. The van der Waals surface area contributed by atoms with Crippen molar-refractivity contribution in [2.75, 3.05) is 13.2 Å². The minimum Gasteiger partial charge on any atom is -0.381 e. The van der Waals surface area contributed by atoms with Crippen LogP contribution in [-0.2, 0) is 11.3 Å². The Morgan fingerprint density at radius 1 is 1.50 bits per heavy atom. The Bertz CT molecular complexity index is 878. The first-order chi connectivity index (χ1) is 11.7. The minimum absolute atomic E-state index is 0.166. The maximum absolute atomic E-state index is 12.3. The molecule has 0 aromatic carbocycles. The maximum atomic E-state index is 12.3. The first-order valence-electron chi connectivity index (χ1n) is 7.91. The lowest BCUT2D eigenvalue weighted by Crippen LogP contribution is -2.23. The van der Waals surface area contributed by atoms with E-state index in [2.05, 4.69) is 25.5 Å². The van der Waals surface area contributed by atoms with Gasteiger partial charge in [0.2, 0.25) is 0 Å². The van der Waals surface area contributed by atoms with Crippen LogP contribution >= 0.6 is 0 Å². The van der Waals surface area contributed by atoms with Crippen molar-refractivity contribution in [1.82, 2.24) is 29.9 Å². The molecule has 1 aliphatic rings. The molecule has 0 aliphatic carbocycles. The van der Waals surface area contributed by atoms with E-state index in [0.717, 1.165) is 30.2 Å². The third kappa shape index (κ3) is 2.88. The number of carbonyl (C=O) groups excluding carboxylic acids is 1. The van der Waals surface area contributed by atoms with Gasteiger partial charge in [-0.1, -0.05) is 0 Å². The largest absolute Gasteiger partial charge is 0.381 e. The van der Waals surface area contributed by atoms with Gasteiger partial charge < -0.3 is 14.5 Å². The number of aromatic amines is 1. The molecule has 0 saturated carbocycles. The van der Waals surface area contributed by atoms with Gasteiger partial charge in [0.15, 0.2) is 5.82 Å². The second-order valence-electron chi connectivity index (χ2n) is 5.95. The Kier molecular flexibility index (Phi) is 3.73. The van der Waals surface area contributed by atoms with Gasteiger partial charge in [0, 0.05) is 30.5 Å². The number of aromatic nitrogens is 5. The molecule has 4 heterocycles. The smallest absolute Gasteiger partial charge is 0.251 e. The van der Waals surface area contributed by atoms with E-state index in [9.17, 15) is 4.79 Å². The van der Waals surface area contributed by atoms with Crippen molar-refractivity contribution in [3.05, 3.63) is 47.4 Å². The molecule has 1 unspecified atom stereocenters. The van der Waals surface area contributed by atoms with Crippen molar-refractivity contribution in [3.63, 3.8) is 0 Å². The number of pyridine rings is 1. The number of imidazole rings is 1. The van der Waals surface area contributed by atoms with Gasteiger partial charge in [-0.05, 0) is 25.5 Å². The molecule has 124 valence electrons. The van der Waals surface area contributed by atoms with Crippen LogP contribution in [0, 0.1) is 6.92 Å². The lowest BCUT2D eigenvalue weighted by Gasteiger charge is -2.03. The van der Waals surface area contributed by atoms with E-state index in [1.807, 2.05) is 23.7 Å². The molecule has 3 aromatic heterocycles. The average molecular weight is 326 g/mol. The summed E-state index contributed by atoms with van der Waals surface area (Å²) < 4.78 is 7.23. The number of aryl methyl sites for hydroxylation is 1. The van der Waals surface area contributed by atoms with Crippen LogP contribution in [0.15, 0.2) is 24.5 Å². The fourth-order valence-electron chi connectivity index (χ4n) is 2.83. The highest BCUT2D eigenvalue weighted by atomic mass is 16.5. The number of hydrogen-bond acceptors (Lipinski definition) is 5. The van der Waals surface area contributed by atoms with Gasteiger partial charge in [-0.25, -0.2) is 9.97 Å². The number of fused-ring (bicyclic) bond motifs is 1. The van der Waals surface area contributed by atoms with Gasteiger partial charge in [0.05, 0.1) is 18.8 Å². The van der Waals surface area contributed by atoms with E-state index < -0.39 is 0 Å². The summed E-state index contributed by atoms with van der Waals surface area (Å²) in [5.41, 5.74) is 2.23. The third-order valence-corrected chi connectivity index (χ3v) is 4.10. The maximum Gasteiger partial charge on any atom is 0.251 e.